The number of piperazine rings is 1. The first-order chi connectivity index (χ1) is 15.2. The van der Waals surface area contributed by atoms with Gasteiger partial charge >= 0.3 is 0 Å². The second-order valence-electron chi connectivity index (χ2n) is 7.95. The van der Waals surface area contributed by atoms with Crippen LogP contribution in [0.5, 0.6) is 0 Å². The van der Waals surface area contributed by atoms with Gasteiger partial charge in [-0.1, -0.05) is 42.5 Å². The van der Waals surface area contributed by atoms with Crippen LogP contribution in [0.15, 0.2) is 70.9 Å². The molecule has 0 radical (unpaired) electrons. The standard InChI is InChI=1S/C25H29N3OS2/c1-27-11-13-28(14-12-27)18-21-7-4-6-20(16-21)17-26-25(29)23-9-2-3-10-24(23)31-19-22-8-5-15-30-22/h2-10,15-16H,11-14,17-19H2,1H3,(H,26,29). The van der Waals surface area contributed by atoms with E-state index in [9.17, 15) is 4.79 Å². The van der Waals surface area contributed by atoms with Gasteiger partial charge in [-0.15, -0.1) is 23.1 Å². The molecule has 6 heteroatoms. The molecular weight excluding hydrogens is 422 g/mol. The van der Waals surface area contributed by atoms with E-state index < -0.39 is 0 Å². The van der Waals surface area contributed by atoms with Gasteiger partial charge in [-0.3, -0.25) is 9.69 Å². The van der Waals surface area contributed by atoms with Gasteiger partial charge in [0.25, 0.3) is 5.91 Å². The van der Waals surface area contributed by atoms with Crippen molar-refractivity contribution < 1.29 is 4.79 Å². The van der Waals surface area contributed by atoms with E-state index in [1.807, 2.05) is 24.3 Å². The van der Waals surface area contributed by atoms with Crippen LogP contribution in [0.2, 0.25) is 0 Å². The molecule has 2 heterocycles. The highest BCUT2D eigenvalue weighted by Crippen LogP contribution is 2.28. The van der Waals surface area contributed by atoms with E-state index in [2.05, 4.69) is 63.9 Å². The summed E-state index contributed by atoms with van der Waals surface area (Å²) in [6.45, 7) is 5.98. The molecule has 3 aromatic rings. The molecule has 4 rings (SSSR count). The van der Waals surface area contributed by atoms with Crippen LogP contribution >= 0.6 is 23.1 Å². The maximum absolute atomic E-state index is 12.9. The van der Waals surface area contributed by atoms with Crippen LogP contribution in [-0.4, -0.2) is 48.9 Å². The average molecular weight is 452 g/mol. The molecule has 0 unspecified atom stereocenters. The molecule has 0 saturated carbocycles. The first kappa shape index (κ1) is 22.1. The van der Waals surface area contributed by atoms with Crippen molar-refractivity contribution in [3.63, 3.8) is 0 Å². The summed E-state index contributed by atoms with van der Waals surface area (Å²) in [5, 5.41) is 5.21. The van der Waals surface area contributed by atoms with Gasteiger partial charge in [0.2, 0.25) is 0 Å². The summed E-state index contributed by atoms with van der Waals surface area (Å²) < 4.78 is 0. The quantitative estimate of drug-likeness (QED) is 0.503. The van der Waals surface area contributed by atoms with Gasteiger partial charge in [0.1, 0.15) is 0 Å². The Morgan fingerprint density at radius 2 is 1.81 bits per heavy atom. The summed E-state index contributed by atoms with van der Waals surface area (Å²) in [5.74, 6) is 0.870. The highest BCUT2D eigenvalue weighted by Gasteiger charge is 2.14. The lowest BCUT2D eigenvalue weighted by atomic mass is 10.1. The molecule has 31 heavy (non-hydrogen) atoms. The highest BCUT2D eigenvalue weighted by molar-refractivity contribution is 7.98. The maximum atomic E-state index is 12.9. The van der Waals surface area contributed by atoms with Crippen molar-refractivity contribution in [3.8, 4) is 0 Å². The molecule has 0 atom stereocenters. The lowest BCUT2D eigenvalue weighted by molar-refractivity contribution is 0.0948. The summed E-state index contributed by atoms with van der Waals surface area (Å²) >= 11 is 3.47. The van der Waals surface area contributed by atoms with E-state index in [0.717, 1.165) is 54.5 Å². The number of hydrogen-bond donors (Lipinski definition) is 1. The predicted octanol–water partition coefficient (Wildman–Crippen LogP) is 4.72. The maximum Gasteiger partial charge on any atom is 0.252 e. The molecule has 1 fully saturated rings. The molecule has 0 aliphatic carbocycles. The number of thioether (sulfide) groups is 1. The van der Waals surface area contributed by atoms with E-state index >= 15 is 0 Å². The zero-order valence-electron chi connectivity index (χ0n) is 17.9. The minimum absolute atomic E-state index is 0.0150. The van der Waals surface area contributed by atoms with Crippen LogP contribution in [0, 0.1) is 0 Å². The Morgan fingerprint density at radius 1 is 1.00 bits per heavy atom. The summed E-state index contributed by atoms with van der Waals surface area (Å²) in [6, 6.07) is 20.7. The molecule has 162 valence electrons. The van der Waals surface area contributed by atoms with Crippen LogP contribution in [0.4, 0.5) is 0 Å². The zero-order valence-corrected chi connectivity index (χ0v) is 19.6. The summed E-state index contributed by atoms with van der Waals surface area (Å²) in [7, 11) is 2.18. The number of thiophene rings is 1. The number of carbonyl (C=O) groups excluding carboxylic acids is 1. The summed E-state index contributed by atoms with van der Waals surface area (Å²) in [5.41, 5.74) is 3.20. The van der Waals surface area contributed by atoms with Gasteiger partial charge < -0.3 is 10.2 Å². The van der Waals surface area contributed by atoms with Crippen molar-refractivity contribution in [2.75, 3.05) is 33.2 Å². The monoisotopic (exact) mass is 451 g/mol. The summed E-state index contributed by atoms with van der Waals surface area (Å²) in [6.07, 6.45) is 0. The minimum atomic E-state index is -0.0150. The van der Waals surface area contributed by atoms with Crippen LogP contribution in [0.3, 0.4) is 0 Å². The number of benzene rings is 2. The SMILES string of the molecule is CN1CCN(Cc2cccc(CNC(=O)c3ccccc3SCc3cccs3)c2)CC1. The van der Waals surface area contributed by atoms with Crippen molar-refractivity contribution in [3.05, 3.63) is 87.6 Å². The van der Waals surface area contributed by atoms with E-state index in [4.69, 9.17) is 0 Å². The Bertz CT molecular complexity index is 982. The van der Waals surface area contributed by atoms with Crippen molar-refractivity contribution in [1.29, 1.82) is 0 Å². The fourth-order valence-electron chi connectivity index (χ4n) is 3.70. The molecule has 4 nitrogen and oxygen atoms in total. The molecule has 1 amide bonds. The molecule has 1 N–H and O–H groups in total. The van der Waals surface area contributed by atoms with E-state index in [1.54, 1.807) is 23.1 Å². The third-order valence-corrected chi connectivity index (χ3v) is 7.71. The van der Waals surface area contributed by atoms with Crippen molar-refractivity contribution in [1.82, 2.24) is 15.1 Å². The fraction of sp³-hybridized carbons (Fsp3) is 0.320. The third kappa shape index (κ3) is 6.43. The van der Waals surface area contributed by atoms with Gasteiger partial charge in [0.05, 0.1) is 5.56 Å². The van der Waals surface area contributed by atoms with Gasteiger partial charge in [0.15, 0.2) is 0 Å². The Hall–Kier alpha value is -2.12. The first-order valence-electron chi connectivity index (χ1n) is 10.7. The first-order valence-corrected chi connectivity index (χ1v) is 12.5. The van der Waals surface area contributed by atoms with E-state index in [-0.39, 0.29) is 5.91 Å². The molecule has 1 aliphatic heterocycles. The van der Waals surface area contributed by atoms with Gasteiger partial charge in [-0.05, 0) is 41.8 Å². The zero-order chi connectivity index (χ0) is 21.5. The van der Waals surface area contributed by atoms with Crippen molar-refractivity contribution >= 4 is 29.0 Å². The fourth-order valence-corrected chi connectivity index (χ4v) is 5.53. The molecular formula is C25H29N3OS2. The van der Waals surface area contributed by atoms with Crippen molar-refractivity contribution in [2.24, 2.45) is 0 Å². The lowest BCUT2D eigenvalue weighted by Gasteiger charge is -2.32. The number of nitrogens with zero attached hydrogens (tertiary/aromatic N) is 2. The number of rotatable bonds is 8. The van der Waals surface area contributed by atoms with Crippen LogP contribution in [-0.2, 0) is 18.8 Å². The second-order valence-corrected chi connectivity index (χ2v) is 10.00. The minimum Gasteiger partial charge on any atom is -0.348 e. The van der Waals surface area contributed by atoms with E-state index in [1.165, 1.54) is 10.4 Å². The second kappa shape index (κ2) is 11.0. The lowest BCUT2D eigenvalue weighted by Crippen LogP contribution is -2.43. The topological polar surface area (TPSA) is 35.6 Å². The van der Waals surface area contributed by atoms with E-state index in [0.29, 0.717) is 6.54 Å². The Kier molecular flexibility index (Phi) is 7.81. The molecule has 0 bridgehead atoms. The Balaban J connectivity index is 1.33. The number of nitrogens with one attached hydrogen (secondary N) is 1. The van der Waals surface area contributed by atoms with Gasteiger partial charge in [0, 0.05) is 54.8 Å². The predicted molar refractivity (Wildman–Crippen MR) is 131 cm³/mol. The normalized spacial score (nSPS) is 15.1. The largest absolute Gasteiger partial charge is 0.348 e. The van der Waals surface area contributed by atoms with Crippen LogP contribution < -0.4 is 5.32 Å². The molecule has 1 aliphatic rings. The third-order valence-electron chi connectivity index (χ3n) is 5.53. The average Bonchev–Trinajstić information content (AvgIpc) is 3.32. The van der Waals surface area contributed by atoms with Crippen molar-refractivity contribution in [2.45, 2.75) is 23.7 Å². The van der Waals surface area contributed by atoms with Crippen LogP contribution in [0.25, 0.3) is 0 Å². The Labute approximate surface area is 193 Å². The molecule has 2 aromatic carbocycles. The summed E-state index contributed by atoms with van der Waals surface area (Å²) in [4.78, 5) is 20.1. The molecule has 1 aromatic heterocycles. The smallest absolute Gasteiger partial charge is 0.252 e. The number of likely N-dealkylation sites (N-methyl/N-ethyl adjacent to an activating group) is 1. The van der Waals surface area contributed by atoms with Gasteiger partial charge in [-0.2, -0.15) is 0 Å². The number of hydrogen-bond acceptors (Lipinski definition) is 5. The van der Waals surface area contributed by atoms with Crippen LogP contribution in [0.1, 0.15) is 26.4 Å². The number of amides is 1. The Morgan fingerprint density at radius 3 is 2.61 bits per heavy atom. The molecule has 0 spiro atoms. The van der Waals surface area contributed by atoms with Gasteiger partial charge in [-0.25, -0.2) is 0 Å². The highest BCUT2D eigenvalue weighted by atomic mass is 32.2. The molecule has 1 saturated heterocycles. The number of carbonyl (C=O) groups is 1.